The minimum atomic E-state index is -0.581. The van der Waals surface area contributed by atoms with E-state index in [0.717, 1.165) is 12.0 Å². The topological polar surface area (TPSA) is 26.3 Å². The van der Waals surface area contributed by atoms with Gasteiger partial charge in [-0.05, 0) is 20.8 Å². The third-order valence-corrected chi connectivity index (χ3v) is 1.57. The Morgan fingerprint density at radius 1 is 1.58 bits per heavy atom. The maximum absolute atomic E-state index is 11.1. The first-order valence-corrected chi connectivity index (χ1v) is 4.64. The predicted molar refractivity (Wildman–Crippen MR) is 53.4 cm³/mol. The molecule has 0 heterocycles. The summed E-state index contributed by atoms with van der Waals surface area (Å²) in [5.74, 6) is -0.233. The van der Waals surface area contributed by atoms with E-state index < -0.39 is 4.32 Å². The monoisotopic (exact) mass is 234 g/mol. The van der Waals surface area contributed by atoms with Crippen LogP contribution >= 0.6 is 15.9 Å². The molecule has 12 heavy (non-hydrogen) atoms. The minimum absolute atomic E-state index is 0.233. The number of carbonyl (C=O) groups excluding carboxylic acids is 1. The fraction of sp³-hybridized carbons (Fsp3) is 0.667. The number of hydrogen-bond acceptors (Lipinski definition) is 2. The molecule has 0 atom stereocenters. The Morgan fingerprint density at radius 2 is 2.08 bits per heavy atom. The molecule has 70 valence electrons. The van der Waals surface area contributed by atoms with E-state index in [4.69, 9.17) is 4.74 Å². The van der Waals surface area contributed by atoms with Crippen LogP contribution in [0.2, 0.25) is 0 Å². The SMILES string of the molecule is C=C(C)CCOC(=O)C(C)(C)Br. The Labute approximate surface area is 82.1 Å². The van der Waals surface area contributed by atoms with Gasteiger partial charge in [0.1, 0.15) is 4.32 Å². The highest BCUT2D eigenvalue weighted by Crippen LogP contribution is 2.17. The summed E-state index contributed by atoms with van der Waals surface area (Å²) < 4.78 is 4.39. The molecule has 0 aliphatic rings. The van der Waals surface area contributed by atoms with E-state index in [9.17, 15) is 4.79 Å². The van der Waals surface area contributed by atoms with Gasteiger partial charge in [-0.1, -0.05) is 21.5 Å². The zero-order chi connectivity index (χ0) is 9.78. The highest BCUT2D eigenvalue weighted by Gasteiger charge is 2.24. The highest BCUT2D eigenvalue weighted by atomic mass is 79.9. The second kappa shape index (κ2) is 4.65. The Bertz CT molecular complexity index is 179. The van der Waals surface area contributed by atoms with Crippen LogP contribution in [0, 0.1) is 0 Å². The first-order chi connectivity index (χ1) is 5.34. The molecule has 0 saturated heterocycles. The van der Waals surface area contributed by atoms with E-state index in [1.54, 1.807) is 13.8 Å². The molecule has 3 heteroatoms. The van der Waals surface area contributed by atoms with Crippen molar-refractivity contribution in [3.05, 3.63) is 12.2 Å². The average molecular weight is 235 g/mol. The molecular weight excluding hydrogens is 220 g/mol. The number of rotatable bonds is 4. The van der Waals surface area contributed by atoms with E-state index in [1.165, 1.54) is 0 Å². The summed E-state index contributed by atoms with van der Waals surface area (Å²) in [5, 5.41) is 0. The summed E-state index contributed by atoms with van der Waals surface area (Å²) in [6.45, 7) is 9.56. The lowest BCUT2D eigenvalue weighted by molar-refractivity contribution is -0.145. The number of esters is 1. The quantitative estimate of drug-likeness (QED) is 0.425. The number of hydrogen-bond donors (Lipinski definition) is 0. The minimum Gasteiger partial charge on any atom is -0.464 e. The van der Waals surface area contributed by atoms with E-state index >= 15 is 0 Å². The van der Waals surface area contributed by atoms with Gasteiger partial charge in [0.05, 0.1) is 6.61 Å². The van der Waals surface area contributed by atoms with Gasteiger partial charge in [0, 0.05) is 6.42 Å². The van der Waals surface area contributed by atoms with Crippen molar-refractivity contribution in [1.82, 2.24) is 0 Å². The second-order valence-corrected chi connectivity index (χ2v) is 5.30. The van der Waals surface area contributed by atoms with Crippen molar-refractivity contribution in [2.24, 2.45) is 0 Å². The molecule has 0 aliphatic carbocycles. The molecule has 0 aliphatic heterocycles. The van der Waals surface area contributed by atoms with Crippen molar-refractivity contribution in [2.75, 3.05) is 6.61 Å². The molecule has 2 nitrogen and oxygen atoms in total. The third kappa shape index (κ3) is 5.35. The fourth-order valence-electron chi connectivity index (χ4n) is 0.490. The summed E-state index contributed by atoms with van der Waals surface area (Å²) >= 11 is 3.21. The zero-order valence-corrected chi connectivity index (χ0v) is 9.40. The van der Waals surface area contributed by atoms with Crippen LogP contribution in [-0.4, -0.2) is 16.9 Å². The smallest absolute Gasteiger partial charge is 0.322 e. The van der Waals surface area contributed by atoms with Crippen molar-refractivity contribution in [3.63, 3.8) is 0 Å². The molecule has 0 bridgehead atoms. The Balaban J connectivity index is 3.66. The average Bonchev–Trinajstić information content (AvgIpc) is 1.84. The van der Waals surface area contributed by atoms with Crippen molar-refractivity contribution in [1.29, 1.82) is 0 Å². The van der Waals surface area contributed by atoms with Gasteiger partial charge in [-0.25, -0.2) is 0 Å². The lowest BCUT2D eigenvalue weighted by Gasteiger charge is -2.14. The summed E-state index contributed by atoms with van der Waals surface area (Å²) in [6, 6.07) is 0. The number of alkyl halides is 1. The van der Waals surface area contributed by atoms with Crippen LogP contribution in [0.4, 0.5) is 0 Å². The molecule has 0 spiro atoms. The van der Waals surface area contributed by atoms with Crippen LogP contribution in [0.25, 0.3) is 0 Å². The maximum Gasteiger partial charge on any atom is 0.322 e. The van der Waals surface area contributed by atoms with Gasteiger partial charge in [0.25, 0.3) is 0 Å². The molecule has 0 amide bonds. The van der Waals surface area contributed by atoms with Crippen LogP contribution in [0.5, 0.6) is 0 Å². The Kier molecular flexibility index (Phi) is 4.53. The number of halogens is 1. The largest absolute Gasteiger partial charge is 0.464 e. The summed E-state index contributed by atoms with van der Waals surface area (Å²) in [4.78, 5) is 11.1. The summed E-state index contributed by atoms with van der Waals surface area (Å²) in [5.41, 5.74) is 1.02. The first kappa shape index (κ1) is 11.7. The van der Waals surface area contributed by atoms with Crippen LogP contribution in [0.15, 0.2) is 12.2 Å². The zero-order valence-electron chi connectivity index (χ0n) is 7.82. The molecule has 0 aromatic heterocycles. The van der Waals surface area contributed by atoms with Gasteiger partial charge in [-0.2, -0.15) is 0 Å². The van der Waals surface area contributed by atoms with Crippen LogP contribution in [0.1, 0.15) is 27.2 Å². The molecule has 0 rings (SSSR count). The van der Waals surface area contributed by atoms with Gasteiger partial charge in [-0.15, -0.1) is 6.58 Å². The van der Waals surface area contributed by atoms with Crippen molar-refractivity contribution in [3.8, 4) is 0 Å². The maximum atomic E-state index is 11.1. The van der Waals surface area contributed by atoms with E-state index in [-0.39, 0.29) is 5.97 Å². The Morgan fingerprint density at radius 3 is 2.42 bits per heavy atom. The third-order valence-electron chi connectivity index (χ3n) is 1.25. The molecule has 0 fully saturated rings. The van der Waals surface area contributed by atoms with Crippen molar-refractivity contribution in [2.45, 2.75) is 31.5 Å². The number of ether oxygens (including phenoxy) is 1. The van der Waals surface area contributed by atoms with Crippen LogP contribution < -0.4 is 0 Å². The van der Waals surface area contributed by atoms with Crippen LogP contribution in [-0.2, 0) is 9.53 Å². The standard InChI is InChI=1S/C9H15BrO2/c1-7(2)5-6-12-8(11)9(3,4)10/h1,5-6H2,2-4H3. The highest BCUT2D eigenvalue weighted by molar-refractivity contribution is 9.10. The molecule has 0 radical (unpaired) electrons. The lowest BCUT2D eigenvalue weighted by atomic mass is 10.2. The normalized spacial score (nSPS) is 11.0. The van der Waals surface area contributed by atoms with E-state index in [1.807, 2.05) is 6.92 Å². The van der Waals surface area contributed by atoms with E-state index in [2.05, 4.69) is 22.5 Å². The van der Waals surface area contributed by atoms with Gasteiger partial charge in [-0.3, -0.25) is 4.79 Å². The fourth-order valence-corrected chi connectivity index (χ4v) is 0.604. The molecular formula is C9H15BrO2. The van der Waals surface area contributed by atoms with Gasteiger partial charge in [0.2, 0.25) is 0 Å². The van der Waals surface area contributed by atoms with Gasteiger partial charge >= 0.3 is 5.97 Å². The van der Waals surface area contributed by atoms with Crippen molar-refractivity contribution < 1.29 is 9.53 Å². The molecule has 0 N–H and O–H groups in total. The number of carbonyl (C=O) groups is 1. The summed E-state index contributed by atoms with van der Waals surface area (Å²) in [6.07, 6.45) is 0.731. The first-order valence-electron chi connectivity index (χ1n) is 3.84. The predicted octanol–water partition coefficient (Wildman–Crippen LogP) is 2.67. The molecule has 0 unspecified atom stereocenters. The molecule has 0 saturated carbocycles. The second-order valence-electron chi connectivity index (χ2n) is 3.32. The summed E-state index contributed by atoms with van der Waals surface area (Å²) in [7, 11) is 0. The van der Waals surface area contributed by atoms with Crippen molar-refractivity contribution >= 4 is 21.9 Å². The molecule has 0 aromatic carbocycles. The van der Waals surface area contributed by atoms with Gasteiger partial charge in [0.15, 0.2) is 0 Å². The van der Waals surface area contributed by atoms with Crippen LogP contribution in [0.3, 0.4) is 0 Å². The Hall–Kier alpha value is -0.310. The van der Waals surface area contributed by atoms with E-state index in [0.29, 0.717) is 6.61 Å². The van der Waals surface area contributed by atoms with Gasteiger partial charge < -0.3 is 4.74 Å². The lowest BCUT2D eigenvalue weighted by Crippen LogP contribution is -2.26. The molecule has 0 aromatic rings.